The van der Waals surface area contributed by atoms with Crippen LogP contribution in [0.2, 0.25) is 0 Å². The molecule has 0 radical (unpaired) electrons. The van der Waals surface area contributed by atoms with Gasteiger partial charge in [-0.3, -0.25) is 4.79 Å². The van der Waals surface area contributed by atoms with Gasteiger partial charge in [-0.25, -0.2) is 0 Å². The van der Waals surface area contributed by atoms with Gasteiger partial charge in [-0.1, -0.05) is 25.5 Å². The summed E-state index contributed by atoms with van der Waals surface area (Å²) in [5.41, 5.74) is -0.755. The van der Waals surface area contributed by atoms with Crippen LogP contribution in [0.4, 0.5) is 0 Å². The lowest BCUT2D eigenvalue weighted by atomic mass is 9.96. The molecule has 13 heavy (non-hydrogen) atoms. The third-order valence-electron chi connectivity index (χ3n) is 2.33. The van der Waals surface area contributed by atoms with Crippen LogP contribution in [-0.4, -0.2) is 18.5 Å². The van der Waals surface area contributed by atoms with Crippen molar-refractivity contribution in [3.8, 4) is 0 Å². The number of rotatable bonds is 5. The van der Waals surface area contributed by atoms with Crippen LogP contribution < -0.4 is 0 Å². The number of methoxy groups -OCH3 is 1. The molecule has 1 aliphatic carbocycles. The Balaban J connectivity index is 2.61. The maximum atomic E-state index is 11.7. The minimum absolute atomic E-state index is 0.154. The number of carbonyl (C=O) groups excluding carboxylic acids is 1. The number of hydrogen-bond acceptors (Lipinski definition) is 2. The molecule has 0 atom stereocenters. The van der Waals surface area contributed by atoms with Crippen LogP contribution in [-0.2, 0) is 9.53 Å². The first kappa shape index (κ1) is 10.2. The van der Waals surface area contributed by atoms with E-state index in [-0.39, 0.29) is 5.78 Å². The van der Waals surface area contributed by atoms with Crippen molar-refractivity contribution in [1.29, 1.82) is 0 Å². The monoisotopic (exact) mass is 180 g/mol. The van der Waals surface area contributed by atoms with Gasteiger partial charge in [-0.2, -0.15) is 0 Å². The van der Waals surface area contributed by atoms with E-state index in [1.165, 1.54) is 0 Å². The van der Waals surface area contributed by atoms with E-state index in [0.717, 1.165) is 12.8 Å². The Morgan fingerprint density at radius 3 is 2.46 bits per heavy atom. The van der Waals surface area contributed by atoms with E-state index >= 15 is 0 Å². The number of unbranched alkanes of at least 4 members (excludes halogenated alkanes) is 1. The predicted molar refractivity (Wildman–Crippen MR) is 52.6 cm³/mol. The molecule has 0 fully saturated rings. The summed E-state index contributed by atoms with van der Waals surface area (Å²) >= 11 is 0. The van der Waals surface area contributed by atoms with Gasteiger partial charge in [0, 0.05) is 13.5 Å². The standard InChI is InChI=1S/C11H16O2/c1-3-4-7-10(12)11(13-2)8-5-6-9-11/h5-6,8-9H,3-4,7H2,1-2H3. The van der Waals surface area contributed by atoms with Crippen molar-refractivity contribution in [2.45, 2.75) is 31.8 Å². The Hall–Kier alpha value is -0.890. The topological polar surface area (TPSA) is 26.3 Å². The molecule has 1 aliphatic rings. The quantitative estimate of drug-likeness (QED) is 0.648. The zero-order valence-corrected chi connectivity index (χ0v) is 8.25. The van der Waals surface area contributed by atoms with Crippen LogP contribution >= 0.6 is 0 Å². The lowest BCUT2D eigenvalue weighted by Crippen LogP contribution is -2.35. The van der Waals surface area contributed by atoms with Crippen LogP contribution in [0.25, 0.3) is 0 Å². The van der Waals surface area contributed by atoms with Crippen molar-refractivity contribution in [1.82, 2.24) is 0 Å². The van der Waals surface area contributed by atoms with Gasteiger partial charge in [0.1, 0.15) is 0 Å². The van der Waals surface area contributed by atoms with Crippen LogP contribution in [0, 0.1) is 0 Å². The molecular weight excluding hydrogens is 164 g/mol. The molecule has 0 N–H and O–H groups in total. The number of ether oxygens (including phenoxy) is 1. The molecule has 2 heteroatoms. The average Bonchev–Trinajstić information content (AvgIpc) is 2.63. The summed E-state index contributed by atoms with van der Waals surface area (Å²) in [4.78, 5) is 11.7. The fourth-order valence-corrected chi connectivity index (χ4v) is 1.42. The Bertz CT molecular complexity index is 226. The van der Waals surface area contributed by atoms with Gasteiger partial charge in [0.2, 0.25) is 0 Å². The predicted octanol–water partition coefficient (Wildman–Crippen LogP) is 2.26. The number of allylic oxidation sites excluding steroid dienone is 2. The highest BCUT2D eigenvalue weighted by molar-refractivity contribution is 5.92. The maximum Gasteiger partial charge on any atom is 0.172 e. The fourth-order valence-electron chi connectivity index (χ4n) is 1.42. The molecule has 0 amide bonds. The van der Waals surface area contributed by atoms with Gasteiger partial charge < -0.3 is 4.74 Å². The summed E-state index contributed by atoms with van der Waals surface area (Å²) < 4.78 is 5.23. The second-order valence-corrected chi connectivity index (χ2v) is 3.24. The number of ketones is 1. The van der Waals surface area contributed by atoms with Crippen molar-refractivity contribution in [3.63, 3.8) is 0 Å². The molecular formula is C11H16O2. The molecule has 72 valence electrons. The van der Waals surface area contributed by atoms with Crippen LogP contribution in [0.1, 0.15) is 26.2 Å². The van der Waals surface area contributed by atoms with Crippen molar-refractivity contribution in [2.24, 2.45) is 0 Å². The van der Waals surface area contributed by atoms with Crippen molar-refractivity contribution < 1.29 is 9.53 Å². The Labute approximate surface area is 79.3 Å². The molecule has 0 bridgehead atoms. The second-order valence-electron chi connectivity index (χ2n) is 3.24. The minimum atomic E-state index is -0.755. The smallest absolute Gasteiger partial charge is 0.172 e. The molecule has 0 heterocycles. The van der Waals surface area contributed by atoms with E-state index in [1.807, 2.05) is 24.3 Å². The van der Waals surface area contributed by atoms with Gasteiger partial charge in [0.25, 0.3) is 0 Å². The highest BCUT2D eigenvalue weighted by Crippen LogP contribution is 2.23. The fraction of sp³-hybridized carbons (Fsp3) is 0.545. The Kier molecular flexibility index (Phi) is 3.43. The van der Waals surface area contributed by atoms with E-state index in [0.29, 0.717) is 6.42 Å². The zero-order valence-electron chi connectivity index (χ0n) is 8.25. The maximum absolute atomic E-state index is 11.7. The zero-order chi connectivity index (χ0) is 9.73. The number of Topliss-reactive ketones (excluding diaryl/α,β-unsaturated/α-hetero) is 1. The minimum Gasteiger partial charge on any atom is -0.362 e. The van der Waals surface area contributed by atoms with Crippen LogP contribution in [0.3, 0.4) is 0 Å². The first-order valence-electron chi connectivity index (χ1n) is 4.70. The third kappa shape index (κ3) is 2.07. The molecule has 0 aromatic heterocycles. The molecule has 2 nitrogen and oxygen atoms in total. The van der Waals surface area contributed by atoms with Gasteiger partial charge in [0.05, 0.1) is 0 Å². The number of hydrogen-bond donors (Lipinski definition) is 0. The molecule has 0 aliphatic heterocycles. The first-order valence-corrected chi connectivity index (χ1v) is 4.70. The summed E-state index contributed by atoms with van der Waals surface area (Å²) in [7, 11) is 1.57. The lowest BCUT2D eigenvalue weighted by Gasteiger charge is -2.21. The van der Waals surface area contributed by atoms with Gasteiger partial charge >= 0.3 is 0 Å². The largest absolute Gasteiger partial charge is 0.362 e. The lowest BCUT2D eigenvalue weighted by molar-refractivity contribution is -0.131. The van der Waals surface area contributed by atoms with Gasteiger partial charge in [0.15, 0.2) is 11.4 Å². The van der Waals surface area contributed by atoms with Crippen LogP contribution in [0.15, 0.2) is 24.3 Å². The van der Waals surface area contributed by atoms with E-state index in [2.05, 4.69) is 6.92 Å². The molecule has 0 saturated carbocycles. The third-order valence-corrected chi connectivity index (χ3v) is 2.33. The molecule has 0 aromatic rings. The first-order chi connectivity index (χ1) is 6.25. The van der Waals surface area contributed by atoms with Crippen molar-refractivity contribution in [3.05, 3.63) is 24.3 Å². The summed E-state index contributed by atoms with van der Waals surface area (Å²) in [6, 6.07) is 0. The summed E-state index contributed by atoms with van der Waals surface area (Å²) in [5, 5.41) is 0. The van der Waals surface area contributed by atoms with E-state index in [1.54, 1.807) is 7.11 Å². The number of carbonyl (C=O) groups is 1. The highest BCUT2D eigenvalue weighted by atomic mass is 16.5. The molecule has 0 unspecified atom stereocenters. The van der Waals surface area contributed by atoms with Crippen molar-refractivity contribution in [2.75, 3.05) is 7.11 Å². The van der Waals surface area contributed by atoms with E-state index < -0.39 is 5.60 Å². The Morgan fingerprint density at radius 1 is 1.38 bits per heavy atom. The second kappa shape index (κ2) is 4.38. The normalized spacial score (nSPS) is 18.0. The molecule has 1 rings (SSSR count). The SMILES string of the molecule is CCCCC(=O)C1(OC)C=CC=C1. The summed E-state index contributed by atoms with van der Waals surface area (Å²) in [5.74, 6) is 0.154. The van der Waals surface area contributed by atoms with E-state index in [4.69, 9.17) is 4.74 Å². The van der Waals surface area contributed by atoms with Gasteiger partial charge in [-0.15, -0.1) is 0 Å². The summed E-state index contributed by atoms with van der Waals surface area (Å²) in [6.45, 7) is 2.08. The summed E-state index contributed by atoms with van der Waals surface area (Å²) in [6.07, 6.45) is 9.90. The molecule has 0 aromatic carbocycles. The highest BCUT2D eigenvalue weighted by Gasteiger charge is 2.33. The Morgan fingerprint density at radius 2 is 2.00 bits per heavy atom. The van der Waals surface area contributed by atoms with E-state index in [9.17, 15) is 4.79 Å². The van der Waals surface area contributed by atoms with Gasteiger partial charge in [-0.05, 0) is 18.6 Å². The van der Waals surface area contributed by atoms with Crippen molar-refractivity contribution >= 4 is 5.78 Å². The average molecular weight is 180 g/mol. The molecule has 0 saturated heterocycles. The van der Waals surface area contributed by atoms with Crippen LogP contribution in [0.5, 0.6) is 0 Å². The molecule has 0 spiro atoms.